The zero-order chi connectivity index (χ0) is 15.5. The van der Waals surface area contributed by atoms with Crippen molar-refractivity contribution >= 4 is 33.6 Å². The molecule has 0 fully saturated rings. The Hall–Kier alpha value is -1.87. The number of ether oxygens (including phenoxy) is 1. The van der Waals surface area contributed by atoms with Gasteiger partial charge < -0.3 is 4.74 Å². The van der Waals surface area contributed by atoms with Crippen molar-refractivity contribution in [2.75, 3.05) is 0 Å². The average molecular weight is 305 g/mol. The van der Waals surface area contributed by atoms with Crippen LogP contribution in [0.5, 0.6) is 5.75 Å². The number of hydrogen-bond donors (Lipinski definition) is 0. The highest BCUT2D eigenvalue weighted by molar-refractivity contribution is 6.66. The minimum absolute atomic E-state index is 0.315. The van der Waals surface area contributed by atoms with Gasteiger partial charge in [0.2, 0.25) is 5.24 Å². The van der Waals surface area contributed by atoms with E-state index in [2.05, 4.69) is 0 Å². The normalized spacial score (nSPS) is 11.4. The van der Waals surface area contributed by atoms with Gasteiger partial charge in [0, 0.05) is 5.39 Å². The molecule has 0 radical (unpaired) electrons. The van der Waals surface area contributed by atoms with Gasteiger partial charge in [0.25, 0.3) is 0 Å². The highest BCUT2D eigenvalue weighted by atomic mass is 35.5. The quantitative estimate of drug-likeness (QED) is 0.358. The molecule has 0 bridgehead atoms. The number of rotatable bonds is 5. The largest absolute Gasteiger partial charge is 0.425 e. The Bertz CT molecular complexity index is 669. The number of benzene rings is 2. The van der Waals surface area contributed by atoms with E-state index < -0.39 is 16.6 Å². The smallest absolute Gasteiger partial charge is 0.326 e. The minimum atomic E-state index is -1.28. The summed E-state index contributed by atoms with van der Waals surface area (Å²) < 4.78 is 5.49. The molecule has 0 saturated carbocycles. The maximum Gasteiger partial charge on any atom is 0.326 e. The fourth-order valence-corrected chi connectivity index (χ4v) is 2.72. The van der Waals surface area contributed by atoms with Gasteiger partial charge in [-0.15, -0.1) is 0 Å². The van der Waals surface area contributed by atoms with E-state index in [-0.39, 0.29) is 0 Å². The van der Waals surface area contributed by atoms with Crippen molar-refractivity contribution < 1.29 is 14.3 Å². The molecule has 0 heterocycles. The van der Waals surface area contributed by atoms with E-state index in [0.717, 1.165) is 10.8 Å². The molecule has 0 amide bonds. The van der Waals surface area contributed by atoms with Crippen LogP contribution in [0.4, 0.5) is 0 Å². The van der Waals surface area contributed by atoms with Gasteiger partial charge in [0.1, 0.15) is 11.2 Å². The topological polar surface area (TPSA) is 43.4 Å². The van der Waals surface area contributed by atoms with Crippen molar-refractivity contribution in [2.45, 2.75) is 26.7 Å². The maximum atomic E-state index is 12.5. The molecule has 0 spiro atoms. The molecule has 0 N–H and O–H groups in total. The molecule has 3 nitrogen and oxygen atoms in total. The van der Waals surface area contributed by atoms with Crippen LogP contribution in [-0.2, 0) is 9.59 Å². The van der Waals surface area contributed by atoms with Crippen molar-refractivity contribution in [3.63, 3.8) is 0 Å². The number of hydrogen-bond acceptors (Lipinski definition) is 3. The molecule has 21 heavy (non-hydrogen) atoms. The highest BCUT2D eigenvalue weighted by Gasteiger charge is 2.43. The summed E-state index contributed by atoms with van der Waals surface area (Å²) in [6, 6.07) is 13.1. The molecule has 0 aliphatic heterocycles. The second kappa shape index (κ2) is 6.27. The van der Waals surface area contributed by atoms with E-state index in [9.17, 15) is 9.59 Å². The van der Waals surface area contributed by atoms with Crippen molar-refractivity contribution in [1.29, 1.82) is 0 Å². The monoisotopic (exact) mass is 304 g/mol. The second-order valence-electron chi connectivity index (χ2n) is 4.93. The predicted molar refractivity (Wildman–Crippen MR) is 83.5 cm³/mol. The van der Waals surface area contributed by atoms with E-state index in [1.54, 1.807) is 19.9 Å². The molecule has 4 heteroatoms. The molecule has 2 rings (SSSR count). The fraction of sp³-hybridized carbons (Fsp3) is 0.294. The van der Waals surface area contributed by atoms with E-state index in [1.165, 1.54) is 0 Å². The van der Waals surface area contributed by atoms with E-state index in [1.807, 2.05) is 36.4 Å². The summed E-state index contributed by atoms with van der Waals surface area (Å²) in [6.07, 6.45) is 0.630. The molecule has 2 aromatic carbocycles. The third-order valence-electron chi connectivity index (χ3n) is 3.93. The number of halogens is 1. The Balaban J connectivity index is 2.40. The highest BCUT2D eigenvalue weighted by Crippen LogP contribution is 2.33. The van der Waals surface area contributed by atoms with Gasteiger partial charge in [0.15, 0.2) is 0 Å². The van der Waals surface area contributed by atoms with Crippen LogP contribution in [0.3, 0.4) is 0 Å². The summed E-state index contributed by atoms with van der Waals surface area (Å²) in [5.74, 6) is -0.147. The first-order valence-electron chi connectivity index (χ1n) is 6.95. The Labute approximate surface area is 128 Å². The Morgan fingerprint density at radius 1 is 1.05 bits per heavy atom. The van der Waals surface area contributed by atoms with Crippen LogP contribution >= 0.6 is 11.6 Å². The van der Waals surface area contributed by atoms with Crippen molar-refractivity contribution in [3.05, 3.63) is 42.5 Å². The summed E-state index contributed by atoms with van der Waals surface area (Å²) in [5.41, 5.74) is -1.28. The van der Waals surface area contributed by atoms with Crippen LogP contribution in [0.1, 0.15) is 26.7 Å². The van der Waals surface area contributed by atoms with Gasteiger partial charge in [0.05, 0.1) is 0 Å². The lowest BCUT2D eigenvalue weighted by molar-refractivity contribution is -0.150. The Morgan fingerprint density at radius 3 is 2.29 bits per heavy atom. The lowest BCUT2D eigenvalue weighted by Gasteiger charge is -2.24. The number of carbonyl (C=O) groups excluding carboxylic acids is 2. The molecule has 0 aliphatic rings. The number of fused-ring (bicyclic) bond motifs is 1. The zero-order valence-electron chi connectivity index (χ0n) is 12.1. The summed E-state index contributed by atoms with van der Waals surface area (Å²) >= 11 is 5.64. The van der Waals surface area contributed by atoms with Gasteiger partial charge in [-0.25, -0.2) is 0 Å². The molecule has 2 aromatic rings. The van der Waals surface area contributed by atoms with Gasteiger partial charge in [-0.1, -0.05) is 50.2 Å². The van der Waals surface area contributed by atoms with Crippen molar-refractivity contribution in [1.82, 2.24) is 0 Å². The van der Waals surface area contributed by atoms with E-state index in [0.29, 0.717) is 18.6 Å². The first-order chi connectivity index (χ1) is 10.0. The molecule has 0 saturated heterocycles. The zero-order valence-corrected chi connectivity index (χ0v) is 12.8. The van der Waals surface area contributed by atoms with Gasteiger partial charge in [-0.2, -0.15) is 0 Å². The van der Waals surface area contributed by atoms with Crippen LogP contribution < -0.4 is 4.74 Å². The number of esters is 1. The molecule has 0 aliphatic carbocycles. The Kier molecular flexibility index (Phi) is 4.63. The fourth-order valence-electron chi connectivity index (χ4n) is 2.38. The first-order valence-corrected chi connectivity index (χ1v) is 7.33. The van der Waals surface area contributed by atoms with Crippen LogP contribution in [0.15, 0.2) is 42.5 Å². The lowest BCUT2D eigenvalue weighted by Crippen LogP contribution is -2.39. The first kappa shape index (κ1) is 15.5. The van der Waals surface area contributed by atoms with Crippen LogP contribution in [0.2, 0.25) is 0 Å². The average Bonchev–Trinajstić information content (AvgIpc) is 2.49. The van der Waals surface area contributed by atoms with Crippen molar-refractivity contribution in [2.24, 2.45) is 5.41 Å². The lowest BCUT2D eigenvalue weighted by atomic mass is 9.84. The van der Waals surface area contributed by atoms with E-state index in [4.69, 9.17) is 16.3 Å². The molecule has 0 unspecified atom stereocenters. The summed E-state index contributed by atoms with van der Waals surface area (Å²) in [6.45, 7) is 3.52. The summed E-state index contributed by atoms with van der Waals surface area (Å²) in [7, 11) is 0. The maximum absolute atomic E-state index is 12.5. The minimum Gasteiger partial charge on any atom is -0.425 e. The SMILES string of the molecule is CCC(CC)(C(=O)Cl)C(=O)Oc1cccc2ccccc12. The Morgan fingerprint density at radius 2 is 1.67 bits per heavy atom. The third kappa shape index (κ3) is 2.79. The predicted octanol–water partition coefficient (Wildman–Crippen LogP) is 4.32. The van der Waals surface area contributed by atoms with Crippen LogP contribution in [0, 0.1) is 5.41 Å². The van der Waals surface area contributed by atoms with E-state index >= 15 is 0 Å². The summed E-state index contributed by atoms with van der Waals surface area (Å²) in [4.78, 5) is 24.1. The molecular weight excluding hydrogens is 288 g/mol. The molecular formula is C17H17ClO3. The third-order valence-corrected chi connectivity index (χ3v) is 4.29. The standard InChI is InChI=1S/C17H17ClO3/c1-3-17(4-2,15(18)19)16(20)21-14-11-7-9-12-8-5-6-10-13(12)14/h5-11H,3-4H2,1-2H3. The molecule has 0 atom stereocenters. The molecule has 0 aromatic heterocycles. The molecule has 110 valence electrons. The van der Waals surface area contributed by atoms with Gasteiger partial charge in [-0.3, -0.25) is 9.59 Å². The second-order valence-corrected chi connectivity index (χ2v) is 5.27. The van der Waals surface area contributed by atoms with Crippen molar-refractivity contribution in [3.8, 4) is 5.75 Å². The van der Waals surface area contributed by atoms with Gasteiger partial charge >= 0.3 is 5.97 Å². The van der Waals surface area contributed by atoms with Crippen LogP contribution in [-0.4, -0.2) is 11.2 Å². The van der Waals surface area contributed by atoms with Gasteiger partial charge in [-0.05, 0) is 35.9 Å². The number of carbonyl (C=O) groups is 2. The van der Waals surface area contributed by atoms with Crippen LogP contribution in [0.25, 0.3) is 10.8 Å². The summed E-state index contributed by atoms with van der Waals surface area (Å²) in [5, 5.41) is 1.13.